The van der Waals surface area contributed by atoms with Gasteiger partial charge in [0, 0.05) is 17.8 Å². The molecule has 2 aliphatic rings. The molecule has 3 rings (SSSR count). The monoisotopic (exact) mass is 271 g/mol. The van der Waals surface area contributed by atoms with E-state index in [-0.39, 0.29) is 29.5 Å². The SMILES string of the molecule is C=C1NC(=O)CC[C@@H]1N1C(=O)c2cccc(N)c2C1=O. The van der Waals surface area contributed by atoms with Gasteiger partial charge >= 0.3 is 0 Å². The second-order valence-corrected chi connectivity index (χ2v) is 4.88. The van der Waals surface area contributed by atoms with E-state index in [1.54, 1.807) is 18.2 Å². The fourth-order valence-electron chi connectivity index (χ4n) is 2.66. The van der Waals surface area contributed by atoms with Crippen LogP contribution in [0.2, 0.25) is 0 Å². The van der Waals surface area contributed by atoms with Gasteiger partial charge in [-0.2, -0.15) is 0 Å². The van der Waals surface area contributed by atoms with E-state index in [1.807, 2.05) is 0 Å². The Hall–Kier alpha value is -2.63. The van der Waals surface area contributed by atoms with Crippen molar-refractivity contribution in [3.8, 4) is 0 Å². The smallest absolute Gasteiger partial charge is 0.264 e. The first kappa shape index (κ1) is 12.4. The van der Waals surface area contributed by atoms with E-state index in [0.717, 1.165) is 4.90 Å². The molecule has 0 saturated carbocycles. The summed E-state index contributed by atoms with van der Waals surface area (Å²) < 4.78 is 0. The molecule has 0 aliphatic carbocycles. The summed E-state index contributed by atoms with van der Waals surface area (Å²) in [5.74, 6) is -0.965. The summed E-state index contributed by atoms with van der Waals surface area (Å²) in [4.78, 5) is 37.2. The lowest BCUT2D eigenvalue weighted by atomic mass is 10.0. The zero-order chi connectivity index (χ0) is 14.4. The second kappa shape index (κ2) is 4.19. The van der Waals surface area contributed by atoms with Gasteiger partial charge in [0.05, 0.1) is 17.2 Å². The molecule has 1 aromatic rings. The highest BCUT2D eigenvalue weighted by atomic mass is 16.2. The maximum absolute atomic E-state index is 12.4. The third-order valence-corrected chi connectivity index (χ3v) is 3.64. The van der Waals surface area contributed by atoms with Crippen molar-refractivity contribution in [2.75, 3.05) is 5.73 Å². The number of piperidine rings is 1. The van der Waals surface area contributed by atoms with Crippen LogP contribution in [-0.2, 0) is 4.79 Å². The van der Waals surface area contributed by atoms with Crippen molar-refractivity contribution in [2.45, 2.75) is 18.9 Å². The normalized spacial score (nSPS) is 22.0. The van der Waals surface area contributed by atoms with Crippen molar-refractivity contribution in [1.29, 1.82) is 0 Å². The molecule has 1 aromatic carbocycles. The van der Waals surface area contributed by atoms with Crippen LogP contribution in [0, 0.1) is 0 Å². The molecule has 0 bridgehead atoms. The molecule has 2 aliphatic heterocycles. The van der Waals surface area contributed by atoms with Gasteiger partial charge in [-0.3, -0.25) is 19.3 Å². The predicted molar refractivity (Wildman–Crippen MR) is 71.7 cm³/mol. The van der Waals surface area contributed by atoms with Gasteiger partial charge < -0.3 is 11.1 Å². The lowest BCUT2D eigenvalue weighted by Gasteiger charge is -2.31. The first-order valence-corrected chi connectivity index (χ1v) is 6.25. The first-order chi connectivity index (χ1) is 9.50. The Labute approximate surface area is 115 Å². The van der Waals surface area contributed by atoms with Crippen molar-refractivity contribution in [3.05, 3.63) is 41.6 Å². The number of nitrogen functional groups attached to an aromatic ring is 1. The first-order valence-electron chi connectivity index (χ1n) is 6.25. The summed E-state index contributed by atoms with van der Waals surface area (Å²) in [6.07, 6.45) is 0.641. The highest BCUT2D eigenvalue weighted by Gasteiger charge is 2.43. The van der Waals surface area contributed by atoms with Gasteiger partial charge in [0.25, 0.3) is 11.8 Å². The Bertz CT molecular complexity index is 666. The standard InChI is InChI=1S/C14H13N3O3/c1-7-10(5-6-11(18)16-7)17-13(19)8-3-2-4-9(15)12(8)14(17)20/h2-4,10H,1,5-6,15H2,(H,16,18)/t10-/m0/s1. The molecule has 6 nitrogen and oxygen atoms in total. The number of hydrogen-bond acceptors (Lipinski definition) is 4. The van der Waals surface area contributed by atoms with Gasteiger partial charge in [-0.05, 0) is 18.6 Å². The second-order valence-electron chi connectivity index (χ2n) is 4.88. The van der Waals surface area contributed by atoms with Crippen LogP contribution in [0.5, 0.6) is 0 Å². The summed E-state index contributed by atoms with van der Waals surface area (Å²) in [7, 11) is 0. The molecule has 3 amide bonds. The number of carbonyl (C=O) groups is 3. The van der Waals surface area contributed by atoms with E-state index in [4.69, 9.17) is 5.73 Å². The number of fused-ring (bicyclic) bond motifs is 1. The van der Waals surface area contributed by atoms with Gasteiger partial charge in [-0.25, -0.2) is 0 Å². The number of anilines is 1. The fraction of sp³-hybridized carbons (Fsp3) is 0.214. The van der Waals surface area contributed by atoms with Gasteiger partial charge in [-0.15, -0.1) is 0 Å². The Morgan fingerprint density at radius 1 is 1.25 bits per heavy atom. The Balaban J connectivity index is 2.00. The predicted octanol–water partition coefficient (Wildman–Crippen LogP) is 0.657. The van der Waals surface area contributed by atoms with Crippen molar-refractivity contribution >= 4 is 23.4 Å². The van der Waals surface area contributed by atoms with Crippen LogP contribution in [0.4, 0.5) is 5.69 Å². The lowest BCUT2D eigenvalue weighted by molar-refractivity contribution is -0.121. The van der Waals surface area contributed by atoms with Gasteiger partial charge in [0.1, 0.15) is 0 Å². The van der Waals surface area contributed by atoms with Crippen LogP contribution in [0.3, 0.4) is 0 Å². The number of hydrogen-bond donors (Lipinski definition) is 2. The quantitative estimate of drug-likeness (QED) is 0.579. The molecule has 6 heteroatoms. The number of imide groups is 1. The van der Waals surface area contributed by atoms with Gasteiger partial charge in [0.15, 0.2) is 0 Å². The molecule has 1 fully saturated rings. The van der Waals surface area contributed by atoms with Crippen LogP contribution >= 0.6 is 0 Å². The molecule has 1 atom stereocenters. The highest BCUT2D eigenvalue weighted by Crippen LogP contribution is 2.32. The van der Waals surface area contributed by atoms with E-state index in [9.17, 15) is 14.4 Å². The minimum Gasteiger partial charge on any atom is -0.398 e. The summed E-state index contributed by atoms with van der Waals surface area (Å²) >= 11 is 0. The Morgan fingerprint density at radius 3 is 2.65 bits per heavy atom. The number of rotatable bonds is 1. The van der Waals surface area contributed by atoms with Crippen LogP contribution in [0.25, 0.3) is 0 Å². The van der Waals surface area contributed by atoms with E-state index in [1.165, 1.54) is 0 Å². The molecule has 2 heterocycles. The average Bonchev–Trinajstić information content (AvgIpc) is 2.64. The fourth-order valence-corrected chi connectivity index (χ4v) is 2.66. The maximum Gasteiger partial charge on any atom is 0.264 e. The minimum absolute atomic E-state index is 0.151. The van der Waals surface area contributed by atoms with Gasteiger partial charge in [0.2, 0.25) is 5.91 Å². The maximum atomic E-state index is 12.4. The van der Waals surface area contributed by atoms with Crippen LogP contribution < -0.4 is 11.1 Å². The third kappa shape index (κ3) is 1.61. The molecule has 1 saturated heterocycles. The largest absolute Gasteiger partial charge is 0.398 e. The highest BCUT2D eigenvalue weighted by molar-refractivity contribution is 6.24. The molecule has 0 spiro atoms. The Kier molecular flexibility index (Phi) is 2.60. The number of nitrogens with zero attached hydrogens (tertiary/aromatic N) is 1. The van der Waals surface area contributed by atoms with E-state index in [0.29, 0.717) is 17.7 Å². The molecule has 20 heavy (non-hydrogen) atoms. The van der Waals surface area contributed by atoms with Crippen molar-refractivity contribution in [3.63, 3.8) is 0 Å². The topological polar surface area (TPSA) is 92.5 Å². The minimum atomic E-state index is -0.514. The molecule has 102 valence electrons. The average molecular weight is 271 g/mol. The van der Waals surface area contributed by atoms with E-state index in [2.05, 4.69) is 11.9 Å². The summed E-state index contributed by atoms with van der Waals surface area (Å²) in [6, 6.07) is 4.29. The van der Waals surface area contributed by atoms with Crippen molar-refractivity contribution in [2.24, 2.45) is 0 Å². The zero-order valence-corrected chi connectivity index (χ0v) is 10.7. The Morgan fingerprint density at radius 2 is 2.00 bits per heavy atom. The molecule has 0 unspecified atom stereocenters. The zero-order valence-electron chi connectivity index (χ0n) is 10.7. The van der Waals surface area contributed by atoms with Crippen molar-refractivity contribution < 1.29 is 14.4 Å². The van der Waals surface area contributed by atoms with Crippen LogP contribution in [-0.4, -0.2) is 28.7 Å². The summed E-state index contributed by atoms with van der Waals surface area (Å²) in [5.41, 5.74) is 6.98. The molecular weight excluding hydrogens is 258 g/mol. The van der Waals surface area contributed by atoms with Gasteiger partial charge in [-0.1, -0.05) is 12.6 Å². The van der Waals surface area contributed by atoms with E-state index < -0.39 is 11.9 Å². The third-order valence-electron chi connectivity index (χ3n) is 3.64. The number of nitrogens with two attached hydrogens (primary N) is 1. The number of benzene rings is 1. The lowest BCUT2D eigenvalue weighted by Crippen LogP contribution is -2.48. The number of nitrogens with one attached hydrogen (secondary N) is 1. The molecule has 0 radical (unpaired) electrons. The summed E-state index contributed by atoms with van der Waals surface area (Å²) in [6.45, 7) is 3.74. The van der Waals surface area contributed by atoms with E-state index >= 15 is 0 Å². The number of amides is 3. The van der Waals surface area contributed by atoms with Crippen molar-refractivity contribution in [1.82, 2.24) is 10.2 Å². The molecule has 0 aromatic heterocycles. The van der Waals surface area contributed by atoms with Crippen LogP contribution in [0.15, 0.2) is 30.5 Å². The molecule has 3 N–H and O–H groups in total. The number of carbonyl (C=O) groups excluding carboxylic acids is 3. The van der Waals surface area contributed by atoms with Crippen LogP contribution in [0.1, 0.15) is 33.6 Å². The molecular formula is C14H13N3O3. The summed E-state index contributed by atoms with van der Waals surface area (Å²) in [5, 5.41) is 2.58.